The Morgan fingerprint density at radius 2 is 1.82 bits per heavy atom. The number of nitrogens with zero attached hydrogens (tertiary/aromatic N) is 1. The fourth-order valence-corrected chi connectivity index (χ4v) is 6.29. The fourth-order valence-electron chi connectivity index (χ4n) is 6.29. The van der Waals surface area contributed by atoms with Crippen molar-refractivity contribution in [2.75, 3.05) is 13.1 Å². The maximum atomic E-state index is 13.6. The van der Waals surface area contributed by atoms with Crippen molar-refractivity contribution >= 4 is 28.8 Å². The SMILES string of the molecule is Cc1cc(F)cc(/C=C/C(=O)N2CCC(C(NC3CCC(c4c[nH]c5ccccc45)CC3)C(N)=O)CC2)c1. The van der Waals surface area contributed by atoms with Crippen molar-refractivity contribution in [2.45, 2.75) is 63.5 Å². The summed E-state index contributed by atoms with van der Waals surface area (Å²) in [5, 5.41) is 4.90. The van der Waals surface area contributed by atoms with Gasteiger partial charge in [0.1, 0.15) is 5.82 Å². The molecular formula is C31H37FN4O2. The van der Waals surface area contributed by atoms with E-state index in [9.17, 15) is 14.0 Å². The van der Waals surface area contributed by atoms with Crippen molar-refractivity contribution < 1.29 is 14.0 Å². The summed E-state index contributed by atoms with van der Waals surface area (Å²) in [6, 6.07) is 13.1. The summed E-state index contributed by atoms with van der Waals surface area (Å²) in [6.45, 7) is 2.98. The number of piperidine rings is 1. The molecule has 7 heteroatoms. The lowest BCUT2D eigenvalue weighted by molar-refractivity contribution is -0.128. The number of fused-ring (bicyclic) bond motifs is 1. The number of nitrogens with one attached hydrogen (secondary N) is 2. The second-order valence-corrected chi connectivity index (χ2v) is 10.9. The normalized spacial score (nSPS) is 21.7. The molecule has 0 bridgehead atoms. The Labute approximate surface area is 223 Å². The molecule has 200 valence electrons. The number of halogens is 1. The number of hydrogen-bond acceptors (Lipinski definition) is 3. The molecule has 1 aliphatic carbocycles. The molecule has 0 spiro atoms. The number of benzene rings is 2. The zero-order valence-electron chi connectivity index (χ0n) is 22.0. The van der Waals surface area contributed by atoms with Gasteiger partial charge < -0.3 is 20.9 Å². The van der Waals surface area contributed by atoms with E-state index in [0.717, 1.165) is 44.1 Å². The van der Waals surface area contributed by atoms with Crippen molar-refractivity contribution in [2.24, 2.45) is 11.7 Å². The van der Waals surface area contributed by atoms with E-state index >= 15 is 0 Å². The van der Waals surface area contributed by atoms with Crippen molar-refractivity contribution in [3.63, 3.8) is 0 Å². The second kappa shape index (κ2) is 11.5. The van der Waals surface area contributed by atoms with Gasteiger partial charge in [-0.3, -0.25) is 9.59 Å². The smallest absolute Gasteiger partial charge is 0.246 e. The van der Waals surface area contributed by atoms with E-state index in [-0.39, 0.29) is 35.6 Å². The average Bonchev–Trinajstić information content (AvgIpc) is 3.34. The predicted molar refractivity (Wildman–Crippen MR) is 149 cm³/mol. The van der Waals surface area contributed by atoms with Crippen LogP contribution >= 0.6 is 0 Å². The van der Waals surface area contributed by atoms with Gasteiger partial charge in [0.05, 0.1) is 6.04 Å². The van der Waals surface area contributed by atoms with Gasteiger partial charge in [-0.05, 0) is 98.2 Å². The van der Waals surface area contributed by atoms with Gasteiger partial charge in [-0.25, -0.2) is 4.39 Å². The molecule has 2 amide bonds. The predicted octanol–water partition coefficient (Wildman–Crippen LogP) is 5.04. The highest BCUT2D eigenvalue weighted by atomic mass is 19.1. The highest BCUT2D eigenvalue weighted by Crippen LogP contribution is 2.37. The quantitative estimate of drug-likeness (QED) is 0.385. The molecule has 4 N–H and O–H groups in total. The first-order chi connectivity index (χ1) is 18.4. The highest BCUT2D eigenvalue weighted by molar-refractivity contribution is 5.92. The van der Waals surface area contributed by atoms with Crippen LogP contribution in [0.15, 0.2) is 54.7 Å². The van der Waals surface area contributed by atoms with Crippen molar-refractivity contribution in [1.29, 1.82) is 0 Å². The van der Waals surface area contributed by atoms with E-state index < -0.39 is 0 Å². The molecule has 1 aliphatic heterocycles. The highest BCUT2D eigenvalue weighted by Gasteiger charge is 2.34. The van der Waals surface area contributed by atoms with E-state index in [2.05, 4.69) is 40.8 Å². The standard InChI is InChI=1S/C31H37FN4O2/c1-20-16-21(18-24(32)17-20)6-11-29(37)36-14-12-23(13-15-36)30(31(33)38)35-25-9-7-22(8-10-25)27-19-34-28-5-3-2-4-26(27)28/h2-6,11,16-19,22-23,25,30,34-35H,7-10,12-15H2,1H3,(H2,33,38)/b11-6+. The number of aryl methyl sites for hydroxylation is 1. The van der Waals surface area contributed by atoms with Crippen LogP contribution in [0.2, 0.25) is 0 Å². The first kappa shape index (κ1) is 26.2. The molecule has 1 aromatic heterocycles. The Balaban J connectivity index is 1.12. The van der Waals surface area contributed by atoms with E-state index in [1.807, 2.05) is 13.0 Å². The maximum Gasteiger partial charge on any atom is 0.246 e. The second-order valence-electron chi connectivity index (χ2n) is 10.9. The van der Waals surface area contributed by atoms with Crippen LogP contribution in [0.4, 0.5) is 4.39 Å². The van der Waals surface area contributed by atoms with Gasteiger partial charge in [-0.1, -0.05) is 24.3 Å². The monoisotopic (exact) mass is 516 g/mol. The van der Waals surface area contributed by atoms with Crippen molar-refractivity contribution in [3.05, 3.63) is 77.2 Å². The summed E-state index contributed by atoms with van der Waals surface area (Å²) in [4.78, 5) is 30.3. The minimum absolute atomic E-state index is 0.0930. The number of hydrogen-bond donors (Lipinski definition) is 3. The van der Waals surface area contributed by atoms with Gasteiger partial charge >= 0.3 is 0 Å². The minimum atomic E-state index is -0.382. The molecule has 2 aliphatic rings. The molecule has 2 heterocycles. The number of aromatic nitrogens is 1. The third-order valence-corrected chi connectivity index (χ3v) is 8.32. The molecule has 1 saturated carbocycles. The summed E-state index contributed by atoms with van der Waals surface area (Å²) in [6.07, 6.45) is 10.9. The summed E-state index contributed by atoms with van der Waals surface area (Å²) in [5.41, 5.74) is 9.91. The molecular weight excluding hydrogens is 479 g/mol. The summed E-state index contributed by atoms with van der Waals surface area (Å²) >= 11 is 0. The number of rotatable bonds is 7. The van der Waals surface area contributed by atoms with Gasteiger partial charge in [0.25, 0.3) is 0 Å². The third-order valence-electron chi connectivity index (χ3n) is 8.32. The maximum absolute atomic E-state index is 13.6. The zero-order chi connectivity index (χ0) is 26.6. The number of likely N-dealkylation sites (tertiary alicyclic amines) is 1. The average molecular weight is 517 g/mol. The Kier molecular flexibility index (Phi) is 7.93. The summed E-state index contributed by atoms with van der Waals surface area (Å²) in [5.74, 6) is -0.0821. The molecule has 2 fully saturated rings. The number of amides is 2. The number of nitrogens with two attached hydrogens (primary N) is 1. The molecule has 3 aromatic rings. The topological polar surface area (TPSA) is 91.2 Å². The number of para-hydroxylation sites is 1. The Morgan fingerprint density at radius 3 is 2.53 bits per heavy atom. The van der Waals surface area contributed by atoms with Gasteiger partial charge in [-0.2, -0.15) is 0 Å². The van der Waals surface area contributed by atoms with Gasteiger partial charge in [0, 0.05) is 42.3 Å². The van der Waals surface area contributed by atoms with Crippen molar-refractivity contribution in [3.8, 4) is 0 Å². The number of primary amides is 1. The van der Waals surface area contributed by atoms with E-state index in [4.69, 9.17) is 5.73 Å². The molecule has 0 radical (unpaired) electrons. The lowest BCUT2D eigenvalue weighted by Crippen LogP contribution is -2.54. The van der Waals surface area contributed by atoms with Gasteiger partial charge in [0.15, 0.2) is 0 Å². The molecule has 38 heavy (non-hydrogen) atoms. The van der Waals surface area contributed by atoms with Gasteiger partial charge in [-0.15, -0.1) is 0 Å². The van der Waals surface area contributed by atoms with Crippen LogP contribution in [-0.4, -0.2) is 46.9 Å². The van der Waals surface area contributed by atoms with Crippen LogP contribution in [0.25, 0.3) is 17.0 Å². The number of H-pyrrole nitrogens is 1. The fraction of sp³-hybridized carbons (Fsp3) is 0.419. The minimum Gasteiger partial charge on any atom is -0.368 e. The van der Waals surface area contributed by atoms with Crippen LogP contribution < -0.4 is 11.1 Å². The molecule has 1 saturated heterocycles. The van der Waals surface area contributed by atoms with Crippen LogP contribution in [0.1, 0.15) is 61.1 Å². The first-order valence-electron chi connectivity index (χ1n) is 13.7. The molecule has 1 unspecified atom stereocenters. The molecule has 6 nitrogen and oxygen atoms in total. The molecule has 5 rings (SSSR count). The zero-order valence-corrected chi connectivity index (χ0v) is 22.0. The summed E-state index contributed by atoms with van der Waals surface area (Å²) in [7, 11) is 0. The molecule has 1 atom stereocenters. The van der Waals surface area contributed by atoms with Crippen LogP contribution in [0.3, 0.4) is 0 Å². The first-order valence-corrected chi connectivity index (χ1v) is 13.7. The van der Waals surface area contributed by atoms with Crippen LogP contribution in [0, 0.1) is 18.7 Å². The lowest BCUT2D eigenvalue weighted by atomic mass is 9.80. The number of carbonyl (C=O) groups excluding carboxylic acids is 2. The number of carbonyl (C=O) groups is 2. The third kappa shape index (κ3) is 5.99. The van der Waals surface area contributed by atoms with E-state index in [1.165, 1.54) is 34.7 Å². The van der Waals surface area contributed by atoms with E-state index in [0.29, 0.717) is 24.6 Å². The molecule has 2 aromatic carbocycles. The lowest BCUT2D eigenvalue weighted by Gasteiger charge is -2.38. The Morgan fingerprint density at radius 1 is 1.08 bits per heavy atom. The van der Waals surface area contributed by atoms with Crippen LogP contribution in [0.5, 0.6) is 0 Å². The summed E-state index contributed by atoms with van der Waals surface area (Å²) < 4.78 is 13.6. The largest absolute Gasteiger partial charge is 0.368 e. The van der Waals surface area contributed by atoms with E-state index in [1.54, 1.807) is 11.0 Å². The number of aromatic amines is 1. The van der Waals surface area contributed by atoms with Crippen molar-refractivity contribution in [1.82, 2.24) is 15.2 Å². The van der Waals surface area contributed by atoms with Gasteiger partial charge in [0.2, 0.25) is 11.8 Å². The Hall–Kier alpha value is -3.45. The Bertz CT molecular complexity index is 1300. The van der Waals surface area contributed by atoms with Crippen LogP contribution in [-0.2, 0) is 9.59 Å².